The minimum Gasteiger partial charge on any atom is -0.376 e. The third-order valence-electron chi connectivity index (χ3n) is 2.16. The summed E-state index contributed by atoms with van der Waals surface area (Å²) in [5.41, 5.74) is 5.78. The molecule has 1 rings (SSSR count). The first-order chi connectivity index (χ1) is 8.93. The van der Waals surface area contributed by atoms with Crippen LogP contribution in [0.15, 0.2) is 18.2 Å². The fourth-order valence-corrected chi connectivity index (χ4v) is 1.45. The van der Waals surface area contributed by atoms with E-state index in [0.29, 0.717) is 5.69 Å². The Balaban J connectivity index is 2.63. The van der Waals surface area contributed by atoms with Gasteiger partial charge < -0.3 is 16.4 Å². The SMILES string of the molecule is CNC(=O)NC(=O)CNc1ccc(Cl)c(C(N)=O)c1. The first kappa shape index (κ1) is 14.8. The van der Waals surface area contributed by atoms with E-state index in [9.17, 15) is 14.4 Å². The summed E-state index contributed by atoms with van der Waals surface area (Å²) < 4.78 is 0. The van der Waals surface area contributed by atoms with Crippen molar-refractivity contribution in [3.05, 3.63) is 28.8 Å². The highest BCUT2D eigenvalue weighted by molar-refractivity contribution is 6.33. The van der Waals surface area contributed by atoms with Crippen molar-refractivity contribution in [2.75, 3.05) is 18.9 Å². The maximum atomic E-state index is 11.3. The molecule has 0 radical (unpaired) electrons. The fourth-order valence-electron chi connectivity index (χ4n) is 1.24. The van der Waals surface area contributed by atoms with Gasteiger partial charge >= 0.3 is 6.03 Å². The van der Waals surface area contributed by atoms with Gasteiger partial charge in [0.1, 0.15) is 0 Å². The number of carbonyl (C=O) groups is 3. The van der Waals surface area contributed by atoms with Crippen molar-refractivity contribution in [1.82, 2.24) is 10.6 Å². The number of hydrogen-bond donors (Lipinski definition) is 4. The van der Waals surface area contributed by atoms with Crippen LogP contribution in [0.5, 0.6) is 0 Å². The smallest absolute Gasteiger partial charge is 0.321 e. The third kappa shape index (κ3) is 4.47. The highest BCUT2D eigenvalue weighted by Crippen LogP contribution is 2.19. The lowest BCUT2D eigenvalue weighted by Gasteiger charge is -2.08. The zero-order chi connectivity index (χ0) is 14.4. The number of carbonyl (C=O) groups excluding carboxylic acids is 3. The molecule has 0 bridgehead atoms. The first-order valence-electron chi connectivity index (χ1n) is 5.29. The average Bonchev–Trinajstić information content (AvgIpc) is 2.37. The lowest BCUT2D eigenvalue weighted by molar-refractivity contribution is -0.118. The summed E-state index contributed by atoms with van der Waals surface area (Å²) in [4.78, 5) is 33.3. The van der Waals surface area contributed by atoms with Crippen LogP contribution < -0.4 is 21.7 Å². The molecule has 8 heteroatoms. The Labute approximate surface area is 114 Å². The molecular formula is C11H13ClN4O3. The summed E-state index contributed by atoms with van der Waals surface area (Å²) in [6.07, 6.45) is 0. The number of nitrogens with two attached hydrogens (primary N) is 1. The molecule has 0 aliphatic rings. The van der Waals surface area contributed by atoms with Crippen molar-refractivity contribution in [3.8, 4) is 0 Å². The normalized spacial score (nSPS) is 9.58. The standard InChI is InChI=1S/C11H13ClN4O3/c1-14-11(19)16-9(17)5-15-6-2-3-8(12)7(4-6)10(13)18/h2-4,15H,5H2,1H3,(H2,13,18)(H2,14,16,17,19). The van der Waals surface area contributed by atoms with Crippen LogP contribution in [0.3, 0.4) is 0 Å². The van der Waals surface area contributed by atoms with Gasteiger partial charge in [-0.1, -0.05) is 11.6 Å². The van der Waals surface area contributed by atoms with Crippen LogP contribution in [-0.4, -0.2) is 31.4 Å². The fraction of sp³-hybridized carbons (Fsp3) is 0.182. The second kappa shape index (κ2) is 6.60. The number of rotatable bonds is 4. The van der Waals surface area contributed by atoms with Crippen molar-refractivity contribution in [2.45, 2.75) is 0 Å². The zero-order valence-electron chi connectivity index (χ0n) is 10.1. The van der Waals surface area contributed by atoms with Gasteiger partial charge in [-0.15, -0.1) is 0 Å². The van der Waals surface area contributed by atoms with E-state index in [1.165, 1.54) is 19.2 Å². The van der Waals surface area contributed by atoms with E-state index in [2.05, 4.69) is 16.0 Å². The van der Waals surface area contributed by atoms with Crippen molar-refractivity contribution in [1.29, 1.82) is 0 Å². The van der Waals surface area contributed by atoms with Crippen LogP contribution in [0.1, 0.15) is 10.4 Å². The summed E-state index contributed by atoms with van der Waals surface area (Å²) in [6.45, 7) is -0.132. The molecule has 1 aromatic carbocycles. The molecule has 0 saturated heterocycles. The summed E-state index contributed by atoms with van der Waals surface area (Å²) in [6, 6.07) is 3.90. The van der Waals surface area contributed by atoms with E-state index in [1.54, 1.807) is 6.07 Å². The van der Waals surface area contributed by atoms with Crippen LogP contribution in [-0.2, 0) is 4.79 Å². The minimum atomic E-state index is -0.663. The van der Waals surface area contributed by atoms with Crippen molar-refractivity contribution < 1.29 is 14.4 Å². The number of urea groups is 1. The second-order valence-electron chi connectivity index (χ2n) is 3.54. The summed E-state index contributed by atoms with van der Waals surface area (Å²) in [7, 11) is 1.40. The second-order valence-corrected chi connectivity index (χ2v) is 3.95. The Kier molecular flexibility index (Phi) is 5.13. The van der Waals surface area contributed by atoms with Gasteiger partial charge in [-0.25, -0.2) is 4.79 Å². The van der Waals surface area contributed by atoms with Gasteiger partial charge in [0, 0.05) is 12.7 Å². The monoisotopic (exact) mass is 284 g/mol. The van der Waals surface area contributed by atoms with Gasteiger partial charge in [-0.2, -0.15) is 0 Å². The number of primary amides is 1. The van der Waals surface area contributed by atoms with Gasteiger partial charge in [0.25, 0.3) is 0 Å². The Hall–Kier alpha value is -2.28. The molecule has 7 nitrogen and oxygen atoms in total. The number of anilines is 1. The Bertz CT molecular complexity index is 519. The van der Waals surface area contributed by atoms with E-state index < -0.39 is 17.8 Å². The van der Waals surface area contributed by atoms with E-state index in [1.807, 2.05) is 0 Å². The number of hydrogen-bond acceptors (Lipinski definition) is 4. The van der Waals surface area contributed by atoms with Gasteiger partial charge in [-0.3, -0.25) is 14.9 Å². The Morgan fingerprint density at radius 1 is 1.32 bits per heavy atom. The molecule has 4 amide bonds. The topological polar surface area (TPSA) is 113 Å². The number of amides is 4. The molecule has 0 fully saturated rings. The average molecular weight is 285 g/mol. The number of halogens is 1. The maximum Gasteiger partial charge on any atom is 0.321 e. The lowest BCUT2D eigenvalue weighted by atomic mass is 10.2. The van der Waals surface area contributed by atoms with Crippen LogP contribution in [0, 0.1) is 0 Å². The molecule has 19 heavy (non-hydrogen) atoms. The molecule has 0 aromatic heterocycles. The third-order valence-corrected chi connectivity index (χ3v) is 2.49. The predicted octanol–water partition coefficient (Wildman–Crippen LogP) is 0.306. The highest BCUT2D eigenvalue weighted by Gasteiger charge is 2.09. The minimum absolute atomic E-state index is 0.132. The van der Waals surface area contributed by atoms with E-state index in [0.717, 1.165) is 0 Å². The molecule has 0 spiro atoms. The molecule has 0 atom stereocenters. The van der Waals surface area contributed by atoms with E-state index in [-0.39, 0.29) is 17.1 Å². The Morgan fingerprint density at radius 2 is 2.00 bits per heavy atom. The van der Waals surface area contributed by atoms with Crippen molar-refractivity contribution in [2.24, 2.45) is 5.73 Å². The number of benzene rings is 1. The van der Waals surface area contributed by atoms with E-state index in [4.69, 9.17) is 17.3 Å². The molecule has 0 unspecified atom stereocenters. The summed E-state index contributed by atoms with van der Waals surface area (Å²) >= 11 is 5.78. The molecule has 5 N–H and O–H groups in total. The first-order valence-corrected chi connectivity index (χ1v) is 5.66. The molecule has 102 valence electrons. The highest BCUT2D eigenvalue weighted by atomic mass is 35.5. The largest absolute Gasteiger partial charge is 0.376 e. The summed E-state index contributed by atoms with van der Waals surface area (Å²) in [5.74, 6) is -1.18. The van der Waals surface area contributed by atoms with Gasteiger partial charge in [-0.05, 0) is 18.2 Å². The Morgan fingerprint density at radius 3 is 2.58 bits per heavy atom. The summed E-state index contributed by atoms with van der Waals surface area (Å²) in [5, 5.41) is 7.30. The maximum absolute atomic E-state index is 11.3. The van der Waals surface area contributed by atoms with Gasteiger partial charge in [0.15, 0.2) is 0 Å². The zero-order valence-corrected chi connectivity index (χ0v) is 10.9. The predicted molar refractivity (Wildman–Crippen MR) is 71.1 cm³/mol. The molecular weight excluding hydrogens is 272 g/mol. The van der Waals surface area contributed by atoms with Crippen molar-refractivity contribution >= 4 is 35.1 Å². The number of nitrogens with one attached hydrogen (secondary N) is 3. The van der Waals surface area contributed by atoms with Crippen LogP contribution >= 0.6 is 11.6 Å². The van der Waals surface area contributed by atoms with E-state index >= 15 is 0 Å². The number of imide groups is 1. The quantitative estimate of drug-likeness (QED) is 0.637. The molecule has 0 heterocycles. The van der Waals surface area contributed by atoms with Gasteiger partial charge in [0.05, 0.1) is 17.1 Å². The molecule has 1 aromatic rings. The molecule has 0 aliphatic carbocycles. The van der Waals surface area contributed by atoms with Crippen LogP contribution in [0.4, 0.5) is 10.5 Å². The van der Waals surface area contributed by atoms with Crippen molar-refractivity contribution in [3.63, 3.8) is 0 Å². The van der Waals surface area contributed by atoms with Crippen LogP contribution in [0.25, 0.3) is 0 Å². The lowest BCUT2D eigenvalue weighted by Crippen LogP contribution is -2.40. The van der Waals surface area contributed by atoms with Gasteiger partial charge in [0.2, 0.25) is 11.8 Å². The molecule has 0 aliphatic heterocycles. The van der Waals surface area contributed by atoms with Crippen LogP contribution in [0.2, 0.25) is 5.02 Å². The molecule has 0 saturated carbocycles.